The Balaban J connectivity index is 1.28. The summed E-state index contributed by atoms with van der Waals surface area (Å²) in [5.41, 5.74) is 2.10. The second kappa shape index (κ2) is 9.21. The first-order valence-corrected chi connectivity index (χ1v) is 10.2. The first kappa shape index (κ1) is 19.6. The van der Waals surface area contributed by atoms with Crippen LogP contribution in [0, 0.1) is 5.82 Å². The number of para-hydroxylation sites is 1. The van der Waals surface area contributed by atoms with Gasteiger partial charge >= 0.3 is 0 Å². The van der Waals surface area contributed by atoms with E-state index in [1.54, 1.807) is 12.1 Å². The highest BCUT2D eigenvalue weighted by Gasteiger charge is 2.22. The van der Waals surface area contributed by atoms with E-state index in [9.17, 15) is 9.50 Å². The molecule has 1 N–H and O–H groups in total. The molecule has 29 heavy (non-hydrogen) atoms. The Morgan fingerprint density at radius 2 is 1.48 bits per heavy atom. The topological polar surface area (TPSA) is 32.7 Å². The van der Waals surface area contributed by atoms with Gasteiger partial charge in [0.15, 0.2) is 0 Å². The van der Waals surface area contributed by atoms with Crippen molar-refractivity contribution >= 4 is 0 Å². The maximum atomic E-state index is 13.0. The molecule has 1 unspecified atom stereocenters. The van der Waals surface area contributed by atoms with Gasteiger partial charge in [-0.2, -0.15) is 0 Å². The van der Waals surface area contributed by atoms with Crippen molar-refractivity contribution in [1.82, 2.24) is 4.90 Å². The second-order valence-corrected chi connectivity index (χ2v) is 7.63. The lowest BCUT2D eigenvalue weighted by Crippen LogP contribution is -2.36. The summed E-state index contributed by atoms with van der Waals surface area (Å²) in [4.78, 5) is 2.29. The maximum absolute atomic E-state index is 13.0. The molecule has 0 bridgehead atoms. The highest BCUT2D eigenvalue weighted by Crippen LogP contribution is 2.31. The molecule has 4 heteroatoms. The fourth-order valence-electron chi connectivity index (χ4n) is 3.92. The van der Waals surface area contributed by atoms with E-state index in [4.69, 9.17) is 4.74 Å². The predicted octanol–water partition coefficient (Wildman–Crippen LogP) is 5.53. The van der Waals surface area contributed by atoms with Gasteiger partial charge in [-0.05, 0) is 79.4 Å². The molecule has 1 atom stereocenters. The first-order chi connectivity index (χ1) is 14.2. The molecule has 0 amide bonds. The SMILES string of the molecule is OC(CN1CCC(c2ccc(Oc3ccccc3)cc2)CC1)c1ccc(F)cc1. The number of aliphatic hydroxyl groups is 1. The molecule has 1 saturated heterocycles. The Morgan fingerprint density at radius 1 is 0.862 bits per heavy atom. The van der Waals surface area contributed by atoms with E-state index in [-0.39, 0.29) is 5.82 Å². The molecule has 0 aliphatic carbocycles. The number of β-amino-alcohol motifs (C(OH)–C–C–N with tert-alkyl or cyclic N) is 1. The molecule has 1 fully saturated rings. The van der Waals surface area contributed by atoms with Gasteiger partial charge in [0.05, 0.1) is 6.10 Å². The summed E-state index contributed by atoms with van der Waals surface area (Å²) in [5, 5.41) is 10.4. The summed E-state index contributed by atoms with van der Waals surface area (Å²) in [6, 6.07) is 24.3. The normalized spacial score (nSPS) is 16.5. The summed E-state index contributed by atoms with van der Waals surface area (Å²) < 4.78 is 18.9. The van der Waals surface area contributed by atoms with E-state index in [1.807, 2.05) is 42.5 Å². The van der Waals surface area contributed by atoms with Crippen molar-refractivity contribution in [2.45, 2.75) is 24.9 Å². The smallest absolute Gasteiger partial charge is 0.127 e. The van der Waals surface area contributed by atoms with Crippen LogP contribution in [-0.4, -0.2) is 29.6 Å². The zero-order valence-electron chi connectivity index (χ0n) is 16.4. The van der Waals surface area contributed by atoms with Crippen molar-refractivity contribution in [3.05, 3.63) is 95.8 Å². The molecule has 3 aromatic rings. The van der Waals surface area contributed by atoms with Crippen molar-refractivity contribution in [3.63, 3.8) is 0 Å². The number of hydrogen-bond donors (Lipinski definition) is 1. The highest BCUT2D eigenvalue weighted by molar-refractivity contribution is 5.34. The van der Waals surface area contributed by atoms with Crippen LogP contribution >= 0.6 is 0 Å². The minimum Gasteiger partial charge on any atom is -0.457 e. The van der Waals surface area contributed by atoms with Crippen LogP contribution in [0.4, 0.5) is 4.39 Å². The summed E-state index contributed by atoms with van der Waals surface area (Å²) in [7, 11) is 0. The Hall–Kier alpha value is -2.69. The third-order valence-electron chi connectivity index (χ3n) is 5.60. The molecular weight excluding hydrogens is 365 g/mol. The molecule has 1 heterocycles. The monoisotopic (exact) mass is 391 g/mol. The minimum atomic E-state index is -0.582. The van der Waals surface area contributed by atoms with Crippen LogP contribution in [0.1, 0.15) is 36.0 Å². The van der Waals surface area contributed by atoms with Gasteiger partial charge in [-0.15, -0.1) is 0 Å². The van der Waals surface area contributed by atoms with E-state index in [0.29, 0.717) is 12.5 Å². The summed E-state index contributed by atoms with van der Waals surface area (Å²) in [5.74, 6) is 1.94. The average molecular weight is 391 g/mol. The standard InChI is InChI=1S/C25H26FNO2/c26-22-10-6-21(7-11-22)25(28)18-27-16-14-20(15-17-27)19-8-12-24(13-9-19)29-23-4-2-1-3-5-23/h1-13,20,25,28H,14-18H2. The maximum Gasteiger partial charge on any atom is 0.127 e. The van der Waals surface area contributed by atoms with E-state index in [2.05, 4.69) is 17.0 Å². The van der Waals surface area contributed by atoms with Crippen LogP contribution in [0.2, 0.25) is 0 Å². The second-order valence-electron chi connectivity index (χ2n) is 7.63. The molecular formula is C25H26FNO2. The molecule has 0 radical (unpaired) electrons. The quantitative estimate of drug-likeness (QED) is 0.600. The Bertz CT molecular complexity index is 888. The largest absolute Gasteiger partial charge is 0.457 e. The van der Waals surface area contributed by atoms with Gasteiger partial charge in [-0.1, -0.05) is 42.5 Å². The molecule has 3 nitrogen and oxygen atoms in total. The van der Waals surface area contributed by atoms with Crippen LogP contribution in [0.5, 0.6) is 11.5 Å². The van der Waals surface area contributed by atoms with E-state index in [1.165, 1.54) is 17.7 Å². The van der Waals surface area contributed by atoms with Crippen LogP contribution in [0.25, 0.3) is 0 Å². The van der Waals surface area contributed by atoms with Crippen molar-refractivity contribution in [2.75, 3.05) is 19.6 Å². The van der Waals surface area contributed by atoms with Crippen molar-refractivity contribution < 1.29 is 14.2 Å². The first-order valence-electron chi connectivity index (χ1n) is 10.2. The number of halogens is 1. The van der Waals surface area contributed by atoms with E-state index in [0.717, 1.165) is 43.0 Å². The molecule has 1 aliphatic heterocycles. The molecule has 0 saturated carbocycles. The van der Waals surface area contributed by atoms with Gasteiger partial charge < -0.3 is 14.7 Å². The highest BCUT2D eigenvalue weighted by atomic mass is 19.1. The van der Waals surface area contributed by atoms with Crippen molar-refractivity contribution in [2.24, 2.45) is 0 Å². The number of ether oxygens (including phenoxy) is 1. The third kappa shape index (κ3) is 5.22. The van der Waals surface area contributed by atoms with Gasteiger partial charge in [0, 0.05) is 6.54 Å². The molecule has 0 spiro atoms. The van der Waals surface area contributed by atoms with Gasteiger partial charge in [0.1, 0.15) is 17.3 Å². The average Bonchev–Trinajstić information content (AvgIpc) is 2.76. The third-order valence-corrected chi connectivity index (χ3v) is 5.60. The summed E-state index contributed by atoms with van der Waals surface area (Å²) >= 11 is 0. The van der Waals surface area contributed by atoms with E-state index >= 15 is 0 Å². The number of likely N-dealkylation sites (tertiary alicyclic amines) is 1. The van der Waals surface area contributed by atoms with Gasteiger partial charge in [0.25, 0.3) is 0 Å². The number of hydrogen-bond acceptors (Lipinski definition) is 3. The van der Waals surface area contributed by atoms with Crippen LogP contribution in [0.15, 0.2) is 78.9 Å². The Kier molecular flexibility index (Phi) is 6.23. The van der Waals surface area contributed by atoms with Crippen molar-refractivity contribution in [1.29, 1.82) is 0 Å². The molecule has 150 valence electrons. The Morgan fingerprint density at radius 3 is 2.14 bits per heavy atom. The predicted molar refractivity (Wildman–Crippen MR) is 113 cm³/mol. The lowest BCUT2D eigenvalue weighted by Gasteiger charge is -2.33. The molecule has 4 rings (SSSR count). The minimum absolute atomic E-state index is 0.276. The van der Waals surface area contributed by atoms with Gasteiger partial charge in [-0.3, -0.25) is 0 Å². The van der Waals surface area contributed by atoms with Gasteiger partial charge in [0.2, 0.25) is 0 Å². The van der Waals surface area contributed by atoms with Crippen molar-refractivity contribution in [3.8, 4) is 11.5 Å². The zero-order valence-corrected chi connectivity index (χ0v) is 16.4. The van der Waals surface area contributed by atoms with Gasteiger partial charge in [-0.25, -0.2) is 4.39 Å². The number of aliphatic hydroxyl groups excluding tert-OH is 1. The Labute approximate surface area is 171 Å². The summed E-state index contributed by atoms with van der Waals surface area (Å²) in [6.45, 7) is 2.48. The van der Waals surface area contributed by atoms with Crippen LogP contribution in [-0.2, 0) is 0 Å². The zero-order chi connectivity index (χ0) is 20.1. The van der Waals surface area contributed by atoms with Crippen LogP contribution in [0.3, 0.4) is 0 Å². The molecule has 3 aromatic carbocycles. The number of nitrogens with zero attached hydrogens (tertiary/aromatic N) is 1. The fraction of sp³-hybridized carbons (Fsp3) is 0.280. The molecule has 1 aliphatic rings. The summed E-state index contributed by atoms with van der Waals surface area (Å²) in [6.07, 6.45) is 1.55. The molecule has 0 aromatic heterocycles. The lowest BCUT2D eigenvalue weighted by molar-refractivity contribution is 0.0972. The van der Waals surface area contributed by atoms with Crippen LogP contribution < -0.4 is 4.74 Å². The fourth-order valence-corrected chi connectivity index (χ4v) is 3.92. The number of rotatable bonds is 6. The van der Waals surface area contributed by atoms with E-state index < -0.39 is 6.10 Å². The lowest BCUT2D eigenvalue weighted by atomic mass is 9.89. The number of benzene rings is 3. The number of piperidine rings is 1.